The molecule has 0 radical (unpaired) electrons. The molecule has 7 fully saturated rings. The summed E-state index contributed by atoms with van der Waals surface area (Å²) in [5.41, 5.74) is 0.929. The van der Waals surface area contributed by atoms with E-state index < -0.39 is 58.0 Å². The summed E-state index contributed by atoms with van der Waals surface area (Å²) in [5.74, 6) is -1.72. The van der Waals surface area contributed by atoms with Crippen LogP contribution in [0.5, 0.6) is 5.75 Å². The number of carbonyl (C=O) groups is 3. The summed E-state index contributed by atoms with van der Waals surface area (Å²) in [6.07, 6.45) is 4.55. The van der Waals surface area contributed by atoms with Crippen LogP contribution in [0.2, 0.25) is 0 Å². The van der Waals surface area contributed by atoms with Gasteiger partial charge in [-0.05, 0) is 172 Å². The first-order chi connectivity index (χ1) is 21.4. The van der Waals surface area contributed by atoms with E-state index in [0.717, 1.165) is 36.4 Å². The Labute approximate surface area is 301 Å². The maximum Gasteiger partial charge on any atom is 0.339 e. The third-order valence-electron chi connectivity index (χ3n) is 11.4. The number of carbonyl (C=O) groups excluding carboxylic acids is 3. The average molecular weight is 970 g/mol. The summed E-state index contributed by atoms with van der Waals surface area (Å²) in [5, 5.41) is 0. The fourth-order valence-corrected chi connectivity index (χ4v) is 12.9. The van der Waals surface area contributed by atoms with Crippen LogP contribution in [0, 0.1) is 58.1 Å². The van der Waals surface area contributed by atoms with Crippen LogP contribution in [0.3, 0.4) is 0 Å². The number of ether oxygens (including phenoxy) is 3. The van der Waals surface area contributed by atoms with Gasteiger partial charge < -0.3 is 14.2 Å². The van der Waals surface area contributed by atoms with Crippen molar-refractivity contribution in [2.24, 2.45) is 47.3 Å². The molecule has 1 aliphatic heterocycles. The SMILES string of the molecule is O=C(OC1C2CC3C1OC(=O)C3C2C(=O)Oc1ccc(S(=O)(=O)O)c(C2C3CC4CC(C3)CC2C4)c1)c1ccc(I)c(I)c1I. The molecule has 1 saturated heterocycles. The highest BCUT2D eigenvalue weighted by Crippen LogP contribution is 2.61. The highest BCUT2D eigenvalue weighted by Gasteiger charge is 2.70. The fourth-order valence-electron chi connectivity index (χ4n) is 10.0. The molecule has 6 aliphatic carbocycles. The predicted molar refractivity (Wildman–Crippen MR) is 184 cm³/mol. The van der Waals surface area contributed by atoms with Crippen LogP contribution in [0.1, 0.15) is 60.4 Å². The molecule has 9 rings (SSSR count). The normalized spacial score (nSPS) is 37.2. The zero-order valence-corrected chi connectivity index (χ0v) is 31.0. The van der Waals surface area contributed by atoms with Crippen LogP contribution in [0.4, 0.5) is 0 Å². The number of esters is 3. The Morgan fingerprint density at radius 3 is 2.22 bits per heavy atom. The van der Waals surface area contributed by atoms with Crippen molar-refractivity contribution in [3.8, 4) is 5.75 Å². The summed E-state index contributed by atoms with van der Waals surface area (Å²) in [6, 6.07) is 7.88. The quantitative estimate of drug-likeness (QED) is 0.118. The lowest BCUT2D eigenvalue weighted by atomic mass is 9.51. The lowest BCUT2D eigenvalue weighted by molar-refractivity contribution is -0.149. The molecule has 6 atom stereocenters. The first-order valence-electron chi connectivity index (χ1n) is 15.3. The largest absolute Gasteiger partial charge is 0.458 e. The standard InChI is InChI=1S/C32H29I3O9S/c33-21-3-2-17(26(34)27(21)35)30(36)43-28-19-11-20-25(32(38)44-29(20)28)24(19)31(37)42-16-1-4-22(45(39,40)41)18(10-16)23-14-6-12-5-13(8-14)9-15(23)7-12/h1-4,10,12-15,19-20,23-25,28-29H,5-9,11H2,(H,39,40,41). The molecule has 238 valence electrons. The first-order valence-corrected chi connectivity index (χ1v) is 19.9. The van der Waals surface area contributed by atoms with E-state index in [1.54, 1.807) is 12.1 Å². The highest BCUT2D eigenvalue weighted by molar-refractivity contribution is 14.1. The molecule has 1 N–H and O–H groups in total. The van der Waals surface area contributed by atoms with E-state index in [0.29, 0.717) is 41.2 Å². The number of hydrogen-bond donors (Lipinski definition) is 1. The number of hydrogen-bond acceptors (Lipinski definition) is 8. The minimum absolute atomic E-state index is 0.0302. The van der Waals surface area contributed by atoms with Gasteiger partial charge in [0.05, 0.1) is 22.3 Å². The number of fused-ring (bicyclic) bond motifs is 1. The molecule has 1 heterocycles. The zero-order valence-electron chi connectivity index (χ0n) is 23.7. The van der Waals surface area contributed by atoms with Gasteiger partial charge in [0.15, 0.2) is 0 Å². The Morgan fingerprint density at radius 2 is 1.56 bits per heavy atom. The molecule has 0 amide bonds. The van der Waals surface area contributed by atoms with E-state index in [-0.39, 0.29) is 22.5 Å². The van der Waals surface area contributed by atoms with Crippen molar-refractivity contribution in [1.29, 1.82) is 0 Å². The molecule has 45 heavy (non-hydrogen) atoms. The molecule has 0 spiro atoms. The monoisotopic (exact) mass is 970 g/mol. The highest BCUT2D eigenvalue weighted by atomic mass is 127. The van der Waals surface area contributed by atoms with Crippen molar-refractivity contribution in [1.82, 2.24) is 0 Å². The molecule has 9 nitrogen and oxygen atoms in total. The Balaban J connectivity index is 1.07. The average Bonchev–Trinajstić information content (AvgIpc) is 3.59. The van der Waals surface area contributed by atoms with Gasteiger partial charge in [-0.2, -0.15) is 8.42 Å². The van der Waals surface area contributed by atoms with E-state index in [1.165, 1.54) is 18.6 Å². The second kappa shape index (κ2) is 11.3. The molecular formula is C32H29I3O9S. The molecule has 6 bridgehead atoms. The molecule has 6 unspecified atom stereocenters. The topological polar surface area (TPSA) is 133 Å². The first kappa shape index (κ1) is 31.2. The number of halogens is 3. The van der Waals surface area contributed by atoms with Gasteiger partial charge in [0.25, 0.3) is 10.1 Å². The van der Waals surface area contributed by atoms with Crippen molar-refractivity contribution in [3.63, 3.8) is 0 Å². The van der Waals surface area contributed by atoms with Gasteiger partial charge in [-0.15, -0.1) is 0 Å². The Bertz CT molecular complexity index is 1730. The van der Waals surface area contributed by atoms with Gasteiger partial charge >= 0.3 is 17.9 Å². The Hall–Kier alpha value is -1.05. The summed E-state index contributed by atoms with van der Waals surface area (Å²) < 4.78 is 55.4. The van der Waals surface area contributed by atoms with E-state index in [1.807, 2.05) is 6.07 Å². The zero-order chi connectivity index (χ0) is 31.5. The smallest absolute Gasteiger partial charge is 0.339 e. The summed E-state index contributed by atoms with van der Waals surface area (Å²) >= 11 is 6.51. The van der Waals surface area contributed by atoms with Crippen LogP contribution in [-0.4, -0.2) is 43.1 Å². The predicted octanol–water partition coefficient (Wildman–Crippen LogP) is 6.23. The third kappa shape index (κ3) is 5.09. The number of rotatable bonds is 6. The molecular weight excluding hydrogens is 941 g/mol. The Kier molecular flexibility index (Phi) is 7.81. The summed E-state index contributed by atoms with van der Waals surface area (Å²) in [6.45, 7) is 0. The van der Waals surface area contributed by atoms with Gasteiger partial charge in [-0.3, -0.25) is 14.1 Å². The number of benzene rings is 2. The lowest BCUT2D eigenvalue weighted by Gasteiger charge is -2.54. The maximum absolute atomic E-state index is 13.8. The van der Waals surface area contributed by atoms with Crippen LogP contribution in [-0.2, 0) is 29.2 Å². The second-order valence-electron chi connectivity index (χ2n) is 13.7. The van der Waals surface area contributed by atoms with E-state index in [4.69, 9.17) is 14.2 Å². The van der Waals surface area contributed by atoms with Crippen molar-refractivity contribution in [3.05, 3.63) is 52.2 Å². The van der Waals surface area contributed by atoms with Crippen molar-refractivity contribution in [2.75, 3.05) is 0 Å². The fraction of sp³-hybridized carbons (Fsp3) is 0.531. The van der Waals surface area contributed by atoms with Gasteiger partial charge in [0, 0.05) is 22.5 Å². The van der Waals surface area contributed by atoms with E-state index >= 15 is 0 Å². The minimum atomic E-state index is -4.50. The second-order valence-corrected chi connectivity index (χ2v) is 18.4. The molecule has 0 aromatic heterocycles. The van der Waals surface area contributed by atoms with Gasteiger partial charge in [0.1, 0.15) is 18.0 Å². The van der Waals surface area contributed by atoms with Crippen LogP contribution in [0.25, 0.3) is 0 Å². The van der Waals surface area contributed by atoms with E-state index in [9.17, 15) is 27.4 Å². The minimum Gasteiger partial charge on any atom is -0.458 e. The van der Waals surface area contributed by atoms with Crippen LogP contribution in [0.15, 0.2) is 35.2 Å². The molecule has 6 saturated carbocycles. The molecule has 7 aliphatic rings. The van der Waals surface area contributed by atoms with Gasteiger partial charge in [0.2, 0.25) is 0 Å². The van der Waals surface area contributed by atoms with E-state index in [2.05, 4.69) is 67.8 Å². The van der Waals surface area contributed by atoms with Crippen molar-refractivity contribution < 1.29 is 41.6 Å². The molecule has 13 heteroatoms. The molecule has 2 aromatic carbocycles. The van der Waals surface area contributed by atoms with Crippen LogP contribution < -0.4 is 4.74 Å². The Morgan fingerprint density at radius 1 is 0.867 bits per heavy atom. The molecule has 2 aromatic rings. The summed E-state index contributed by atoms with van der Waals surface area (Å²) in [4.78, 5) is 40.0. The van der Waals surface area contributed by atoms with Gasteiger partial charge in [-0.1, -0.05) is 0 Å². The van der Waals surface area contributed by atoms with Crippen molar-refractivity contribution in [2.45, 2.75) is 61.5 Å². The maximum atomic E-state index is 13.8. The van der Waals surface area contributed by atoms with Gasteiger partial charge in [-0.25, -0.2) is 4.79 Å². The van der Waals surface area contributed by atoms with Crippen molar-refractivity contribution >= 4 is 95.8 Å². The summed E-state index contributed by atoms with van der Waals surface area (Å²) in [7, 11) is -4.50. The van der Waals surface area contributed by atoms with Crippen LogP contribution >= 0.6 is 67.8 Å². The third-order valence-corrected chi connectivity index (χ3v) is 17.5. The lowest BCUT2D eigenvalue weighted by Crippen LogP contribution is -2.44.